The highest BCUT2D eigenvalue weighted by Crippen LogP contribution is 2.41. The third-order valence-corrected chi connectivity index (χ3v) is 7.93. The summed E-state index contributed by atoms with van der Waals surface area (Å²) in [7, 11) is 0. The van der Waals surface area contributed by atoms with E-state index < -0.39 is 5.97 Å². The molecule has 0 spiro atoms. The van der Waals surface area contributed by atoms with E-state index in [9.17, 15) is 9.59 Å². The molecule has 0 saturated heterocycles. The van der Waals surface area contributed by atoms with Gasteiger partial charge in [0.25, 0.3) is 5.91 Å². The Labute approximate surface area is 224 Å². The number of amides is 1. The van der Waals surface area contributed by atoms with Gasteiger partial charge in [0.1, 0.15) is 11.5 Å². The summed E-state index contributed by atoms with van der Waals surface area (Å²) in [5.74, 6) is 2.13. The molecule has 1 saturated carbocycles. The van der Waals surface area contributed by atoms with E-state index in [1.54, 1.807) is 11.8 Å². The Morgan fingerprint density at radius 2 is 1.95 bits per heavy atom. The van der Waals surface area contributed by atoms with Gasteiger partial charge in [-0.05, 0) is 44.4 Å². The summed E-state index contributed by atoms with van der Waals surface area (Å²) in [5.41, 5.74) is 2.60. The second-order valence-corrected chi connectivity index (χ2v) is 11.2. The third-order valence-electron chi connectivity index (χ3n) is 7.38. The van der Waals surface area contributed by atoms with Crippen molar-refractivity contribution in [1.82, 2.24) is 10.6 Å². The average molecular weight is 523 g/mol. The topological polar surface area (TPSA) is 91.6 Å². The lowest BCUT2D eigenvalue weighted by molar-refractivity contribution is -0.136. The monoisotopic (exact) mass is 522 g/mol. The zero-order valence-corrected chi connectivity index (χ0v) is 22.6. The molecule has 0 aliphatic heterocycles. The minimum Gasteiger partial charge on any atom is -0.481 e. The van der Waals surface area contributed by atoms with Crippen LogP contribution in [0.25, 0.3) is 11.3 Å². The van der Waals surface area contributed by atoms with Crippen LogP contribution in [0.15, 0.2) is 64.6 Å². The Bertz CT molecular complexity index is 1130. The van der Waals surface area contributed by atoms with Gasteiger partial charge in [-0.15, -0.1) is 0 Å². The van der Waals surface area contributed by atoms with Crippen molar-refractivity contribution in [2.24, 2.45) is 5.92 Å². The summed E-state index contributed by atoms with van der Waals surface area (Å²) in [6.45, 7) is 2.31. The average Bonchev–Trinajstić information content (AvgIpc) is 3.32. The van der Waals surface area contributed by atoms with Crippen LogP contribution in [-0.4, -0.2) is 35.3 Å². The minimum atomic E-state index is -0.922. The Hall–Kier alpha value is -2.77. The molecule has 0 bridgehead atoms. The van der Waals surface area contributed by atoms with Crippen molar-refractivity contribution in [2.75, 3.05) is 12.8 Å². The number of rotatable bonds is 11. The number of nitrogens with one attached hydrogen (secondary N) is 2. The molecule has 1 amide bonds. The first-order valence-corrected chi connectivity index (χ1v) is 14.6. The van der Waals surface area contributed by atoms with Crippen LogP contribution in [0.4, 0.5) is 0 Å². The van der Waals surface area contributed by atoms with Gasteiger partial charge in [0, 0.05) is 34.8 Å². The molecule has 4 rings (SSSR count). The minimum absolute atomic E-state index is 0.0842. The molecule has 37 heavy (non-hydrogen) atoms. The van der Waals surface area contributed by atoms with Gasteiger partial charge in [-0.3, -0.25) is 9.59 Å². The van der Waals surface area contributed by atoms with Gasteiger partial charge in [0.15, 0.2) is 0 Å². The van der Waals surface area contributed by atoms with Crippen LogP contribution in [0.1, 0.15) is 69.2 Å². The number of carboxylic acid groups (broad SMARTS) is 1. The molecule has 2 aliphatic carbocycles. The molecule has 2 atom stereocenters. The van der Waals surface area contributed by atoms with E-state index >= 15 is 0 Å². The maximum Gasteiger partial charge on any atom is 0.305 e. The van der Waals surface area contributed by atoms with Gasteiger partial charge in [0.2, 0.25) is 0 Å². The van der Waals surface area contributed by atoms with Gasteiger partial charge >= 0.3 is 5.97 Å². The van der Waals surface area contributed by atoms with Crippen LogP contribution in [0, 0.1) is 5.92 Å². The third kappa shape index (κ3) is 7.17. The van der Waals surface area contributed by atoms with Crippen LogP contribution in [-0.2, 0) is 15.3 Å². The first-order valence-electron chi connectivity index (χ1n) is 13.2. The van der Waals surface area contributed by atoms with Crippen molar-refractivity contribution in [3.63, 3.8) is 0 Å². The van der Waals surface area contributed by atoms with E-state index in [0.717, 1.165) is 22.8 Å². The summed E-state index contributed by atoms with van der Waals surface area (Å²) in [6, 6.07) is 12.7. The maximum absolute atomic E-state index is 12.5. The summed E-state index contributed by atoms with van der Waals surface area (Å²) >= 11 is 1.77. The molecule has 198 valence electrons. The second-order valence-electron chi connectivity index (χ2n) is 10.3. The highest BCUT2D eigenvalue weighted by Gasteiger charge is 2.35. The van der Waals surface area contributed by atoms with Gasteiger partial charge < -0.3 is 20.2 Å². The Morgan fingerprint density at radius 3 is 2.59 bits per heavy atom. The summed E-state index contributed by atoms with van der Waals surface area (Å²) in [5, 5.41) is 15.5. The number of carboxylic acids is 1. The van der Waals surface area contributed by atoms with E-state index in [0.29, 0.717) is 17.9 Å². The fourth-order valence-electron chi connectivity index (χ4n) is 5.36. The van der Waals surface area contributed by atoms with Crippen molar-refractivity contribution >= 4 is 23.6 Å². The number of benzene rings is 1. The maximum atomic E-state index is 12.5. The quantitative estimate of drug-likeness (QED) is 0.323. The zero-order chi connectivity index (χ0) is 26.3. The number of hydrogen-bond donors (Lipinski definition) is 3. The summed E-state index contributed by atoms with van der Waals surface area (Å²) in [4.78, 5) is 23.2. The molecule has 1 aromatic carbocycles. The molecule has 2 unspecified atom stereocenters. The largest absolute Gasteiger partial charge is 0.481 e. The molecule has 3 N–H and O–H groups in total. The van der Waals surface area contributed by atoms with E-state index in [2.05, 4.69) is 48.1 Å². The highest BCUT2D eigenvalue weighted by atomic mass is 32.2. The first kappa shape index (κ1) is 27.3. The standard InChI is InChI=1S/C30H38N2O4S/c1-30(16-13-23(14-17-30)29(35)31-18-15-27(33)34)32-28(22-11-7-4-8-12-22)24-19-25(36-26(24)20-37-2)21-9-5-3-6-10-21/h3,5-6,9-10,13-14,16,19,22,28,32H,4,7-8,11-12,15,17-18,20H2,1-2H3,(H,31,35)(H,33,34). The Kier molecular flexibility index (Phi) is 9.33. The molecule has 7 heteroatoms. The SMILES string of the molecule is CSCc1oc(-c2ccccc2)cc1C(NC1(C)C=CC(C(=O)NCCC(=O)O)=CC1)C1CCCCC1. The number of carbonyl (C=O) groups is 2. The molecular formula is C30H38N2O4S. The molecule has 0 radical (unpaired) electrons. The van der Waals surface area contributed by atoms with Crippen LogP contribution < -0.4 is 10.6 Å². The molecule has 1 heterocycles. The van der Waals surface area contributed by atoms with E-state index in [4.69, 9.17) is 9.52 Å². The fraction of sp³-hybridized carbons (Fsp3) is 0.467. The van der Waals surface area contributed by atoms with Crippen LogP contribution >= 0.6 is 11.8 Å². The number of aliphatic carboxylic acids is 1. The first-order chi connectivity index (χ1) is 17.9. The van der Waals surface area contributed by atoms with Crippen molar-refractivity contribution in [3.8, 4) is 11.3 Å². The zero-order valence-electron chi connectivity index (χ0n) is 21.8. The second kappa shape index (κ2) is 12.7. The highest BCUT2D eigenvalue weighted by molar-refractivity contribution is 7.97. The number of hydrogen-bond acceptors (Lipinski definition) is 5. The van der Waals surface area contributed by atoms with Gasteiger partial charge in [0.05, 0.1) is 12.2 Å². The number of furan rings is 1. The van der Waals surface area contributed by atoms with Gasteiger partial charge in [-0.1, -0.05) is 67.8 Å². The normalized spacial score (nSPS) is 20.9. The van der Waals surface area contributed by atoms with E-state index in [-0.39, 0.29) is 30.5 Å². The van der Waals surface area contributed by atoms with Crippen LogP contribution in [0.3, 0.4) is 0 Å². The Morgan fingerprint density at radius 1 is 1.19 bits per heavy atom. The van der Waals surface area contributed by atoms with Crippen molar-refractivity contribution in [2.45, 2.75) is 69.2 Å². The number of carbonyl (C=O) groups excluding carboxylic acids is 1. The summed E-state index contributed by atoms with van der Waals surface area (Å²) < 4.78 is 6.45. The summed E-state index contributed by atoms with van der Waals surface area (Å²) in [6.07, 6.45) is 14.8. The lowest BCUT2D eigenvalue weighted by Crippen LogP contribution is -2.46. The molecular weight excluding hydrogens is 484 g/mol. The molecule has 2 aliphatic rings. The number of thioether (sulfide) groups is 1. The molecule has 6 nitrogen and oxygen atoms in total. The smallest absolute Gasteiger partial charge is 0.305 e. The fourth-order valence-corrected chi connectivity index (χ4v) is 5.85. The van der Waals surface area contributed by atoms with Crippen molar-refractivity contribution < 1.29 is 19.1 Å². The van der Waals surface area contributed by atoms with Gasteiger partial charge in [-0.2, -0.15) is 11.8 Å². The van der Waals surface area contributed by atoms with Crippen molar-refractivity contribution in [3.05, 3.63) is 71.5 Å². The molecule has 1 fully saturated rings. The predicted molar refractivity (Wildman–Crippen MR) is 149 cm³/mol. The van der Waals surface area contributed by atoms with Gasteiger partial charge in [-0.25, -0.2) is 0 Å². The van der Waals surface area contributed by atoms with Crippen LogP contribution in [0.5, 0.6) is 0 Å². The molecule has 2 aromatic rings. The van der Waals surface area contributed by atoms with Crippen molar-refractivity contribution in [1.29, 1.82) is 0 Å². The predicted octanol–water partition coefficient (Wildman–Crippen LogP) is 6.26. The molecule has 1 aromatic heterocycles. The lowest BCUT2D eigenvalue weighted by atomic mass is 9.79. The van der Waals surface area contributed by atoms with E-state index in [1.165, 1.54) is 37.7 Å². The lowest BCUT2D eigenvalue weighted by Gasteiger charge is -2.39. The Balaban J connectivity index is 1.56. The van der Waals surface area contributed by atoms with Crippen LogP contribution in [0.2, 0.25) is 0 Å². The van der Waals surface area contributed by atoms with E-state index in [1.807, 2.05) is 30.4 Å².